The number of halogens is 3. The summed E-state index contributed by atoms with van der Waals surface area (Å²) in [5.74, 6) is 0. The normalized spacial score (nSPS) is 11.2. The number of carbonyl (C=O) groups is 1. The van der Waals surface area contributed by atoms with Crippen molar-refractivity contribution < 1.29 is 18.0 Å². The molecule has 1 aromatic carbocycles. The first-order chi connectivity index (χ1) is 8.34. The molecule has 0 aromatic heterocycles. The van der Waals surface area contributed by atoms with Crippen molar-refractivity contribution >= 4 is 11.7 Å². The lowest BCUT2D eigenvalue weighted by Crippen LogP contribution is -2.29. The van der Waals surface area contributed by atoms with Crippen LogP contribution >= 0.6 is 0 Å². The lowest BCUT2D eigenvalue weighted by Gasteiger charge is -2.12. The van der Waals surface area contributed by atoms with Crippen molar-refractivity contribution in [1.82, 2.24) is 5.32 Å². The average molecular weight is 260 g/mol. The first kappa shape index (κ1) is 14.3. The van der Waals surface area contributed by atoms with Crippen molar-refractivity contribution in [3.63, 3.8) is 0 Å². The summed E-state index contributed by atoms with van der Waals surface area (Å²) in [6.07, 6.45) is -3.65. The van der Waals surface area contributed by atoms with Gasteiger partial charge in [-0.3, -0.25) is 0 Å². The van der Waals surface area contributed by atoms with Gasteiger partial charge in [-0.2, -0.15) is 13.2 Å². The third-order valence-corrected chi connectivity index (χ3v) is 2.35. The van der Waals surface area contributed by atoms with E-state index < -0.39 is 17.8 Å². The molecule has 100 valence electrons. The number of rotatable bonds is 3. The summed E-state index contributed by atoms with van der Waals surface area (Å²) in [6.45, 7) is 4.00. The fraction of sp³-hybridized carbons (Fsp3) is 0.417. The van der Waals surface area contributed by atoms with E-state index in [4.69, 9.17) is 0 Å². The van der Waals surface area contributed by atoms with E-state index >= 15 is 0 Å². The fourth-order valence-corrected chi connectivity index (χ4v) is 1.34. The number of amides is 2. The number of nitrogens with one attached hydrogen (secondary N) is 2. The van der Waals surface area contributed by atoms with Gasteiger partial charge in [0.1, 0.15) is 0 Å². The summed E-state index contributed by atoms with van der Waals surface area (Å²) in [5, 5.41) is 4.94. The van der Waals surface area contributed by atoms with Crippen LogP contribution in [0.1, 0.15) is 24.5 Å². The molecule has 6 heteroatoms. The first-order valence-electron chi connectivity index (χ1n) is 5.57. The van der Waals surface area contributed by atoms with Crippen LogP contribution in [0, 0.1) is 6.92 Å². The fourth-order valence-electron chi connectivity index (χ4n) is 1.34. The van der Waals surface area contributed by atoms with Crippen molar-refractivity contribution in [2.45, 2.75) is 26.4 Å². The average Bonchev–Trinajstić information content (AvgIpc) is 2.28. The zero-order chi connectivity index (χ0) is 13.8. The Hall–Kier alpha value is -1.72. The zero-order valence-corrected chi connectivity index (χ0v) is 10.2. The Morgan fingerprint density at radius 3 is 2.56 bits per heavy atom. The highest BCUT2D eigenvalue weighted by atomic mass is 19.4. The van der Waals surface area contributed by atoms with Crippen molar-refractivity contribution in [2.24, 2.45) is 0 Å². The van der Waals surface area contributed by atoms with Gasteiger partial charge in [-0.05, 0) is 31.0 Å². The molecule has 0 radical (unpaired) electrons. The van der Waals surface area contributed by atoms with Crippen molar-refractivity contribution in [3.05, 3.63) is 29.3 Å². The molecule has 0 saturated carbocycles. The van der Waals surface area contributed by atoms with Gasteiger partial charge >= 0.3 is 12.2 Å². The van der Waals surface area contributed by atoms with E-state index in [2.05, 4.69) is 10.6 Å². The Morgan fingerprint density at radius 1 is 1.33 bits per heavy atom. The van der Waals surface area contributed by atoms with Crippen LogP contribution in [0.3, 0.4) is 0 Å². The number of urea groups is 1. The van der Waals surface area contributed by atoms with E-state index in [9.17, 15) is 18.0 Å². The Balaban J connectivity index is 2.85. The summed E-state index contributed by atoms with van der Waals surface area (Å²) in [7, 11) is 0. The molecule has 2 N–H and O–H groups in total. The number of hydrogen-bond acceptors (Lipinski definition) is 1. The molecule has 0 unspecified atom stereocenters. The molecule has 0 atom stereocenters. The van der Waals surface area contributed by atoms with E-state index in [1.54, 1.807) is 6.92 Å². The maximum absolute atomic E-state index is 12.5. The highest BCUT2D eigenvalue weighted by Crippen LogP contribution is 2.31. The maximum atomic E-state index is 12.5. The van der Waals surface area contributed by atoms with Gasteiger partial charge in [0.15, 0.2) is 0 Å². The van der Waals surface area contributed by atoms with E-state index in [0.717, 1.165) is 18.6 Å². The number of anilines is 1. The maximum Gasteiger partial charge on any atom is 0.416 e. The number of carbonyl (C=O) groups excluding carboxylic acids is 1. The SMILES string of the molecule is CCCNC(=O)Nc1cc(C(F)(F)F)ccc1C. The molecule has 1 aromatic rings. The topological polar surface area (TPSA) is 41.1 Å². The minimum Gasteiger partial charge on any atom is -0.338 e. The number of hydrogen-bond donors (Lipinski definition) is 2. The van der Waals surface area contributed by atoms with Gasteiger partial charge < -0.3 is 10.6 Å². The number of benzene rings is 1. The molecule has 18 heavy (non-hydrogen) atoms. The molecular weight excluding hydrogens is 245 g/mol. The zero-order valence-electron chi connectivity index (χ0n) is 10.2. The van der Waals surface area contributed by atoms with E-state index in [1.165, 1.54) is 6.07 Å². The van der Waals surface area contributed by atoms with Gasteiger partial charge in [-0.1, -0.05) is 13.0 Å². The highest BCUT2D eigenvalue weighted by Gasteiger charge is 2.30. The molecule has 0 aliphatic heterocycles. The van der Waals surface area contributed by atoms with Crippen LogP contribution in [0.25, 0.3) is 0 Å². The molecule has 0 spiro atoms. The standard InChI is InChI=1S/C12H15F3N2O/c1-3-6-16-11(18)17-10-7-9(12(13,14)15)5-4-8(10)2/h4-5,7H,3,6H2,1-2H3,(H2,16,17,18). The van der Waals surface area contributed by atoms with Crippen LogP contribution in [-0.2, 0) is 6.18 Å². The van der Waals surface area contributed by atoms with Crippen LogP contribution in [0.4, 0.5) is 23.7 Å². The third-order valence-electron chi connectivity index (χ3n) is 2.35. The molecule has 1 rings (SSSR count). The van der Waals surface area contributed by atoms with E-state index in [1.807, 2.05) is 6.92 Å². The van der Waals surface area contributed by atoms with Gasteiger partial charge in [0.25, 0.3) is 0 Å². The monoisotopic (exact) mass is 260 g/mol. The van der Waals surface area contributed by atoms with E-state index in [0.29, 0.717) is 12.1 Å². The molecule has 0 bridgehead atoms. The Bertz CT molecular complexity index is 430. The van der Waals surface area contributed by atoms with E-state index in [-0.39, 0.29) is 5.69 Å². The summed E-state index contributed by atoms with van der Waals surface area (Å²) in [4.78, 5) is 11.4. The van der Waals surface area contributed by atoms with Gasteiger partial charge in [0, 0.05) is 12.2 Å². The number of alkyl halides is 3. The first-order valence-corrected chi connectivity index (χ1v) is 5.57. The highest BCUT2D eigenvalue weighted by molar-refractivity contribution is 5.90. The molecule has 2 amide bonds. The van der Waals surface area contributed by atoms with Crippen LogP contribution in [0.2, 0.25) is 0 Å². The quantitative estimate of drug-likeness (QED) is 0.857. The van der Waals surface area contributed by atoms with Crippen molar-refractivity contribution in [2.75, 3.05) is 11.9 Å². The summed E-state index contributed by atoms with van der Waals surface area (Å²) in [5.41, 5.74) is -0.0352. The summed E-state index contributed by atoms with van der Waals surface area (Å²) in [6, 6.07) is 2.75. The van der Waals surface area contributed by atoms with Gasteiger partial charge in [0.05, 0.1) is 5.56 Å². The van der Waals surface area contributed by atoms with Crippen LogP contribution < -0.4 is 10.6 Å². The molecule has 3 nitrogen and oxygen atoms in total. The minimum absolute atomic E-state index is 0.165. The second-order valence-electron chi connectivity index (χ2n) is 3.91. The molecule has 0 aliphatic carbocycles. The molecule has 0 saturated heterocycles. The predicted octanol–water partition coefficient (Wildman–Crippen LogP) is 3.55. The van der Waals surface area contributed by atoms with Crippen LogP contribution in [0.5, 0.6) is 0 Å². The molecule has 0 fully saturated rings. The van der Waals surface area contributed by atoms with Gasteiger partial charge in [-0.25, -0.2) is 4.79 Å². The Kier molecular flexibility index (Phi) is 4.58. The van der Waals surface area contributed by atoms with Crippen molar-refractivity contribution in [1.29, 1.82) is 0 Å². The lowest BCUT2D eigenvalue weighted by molar-refractivity contribution is -0.137. The number of aryl methyl sites for hydroxylation is 1. The second kappa shape index (κ2) is 5.75. The summed E-state index contributed by atoms with van der Waals surface area (Å²) >= 11 is 0. The smallest absolute Gasteiger partial charge is 0.338 e. The molecular formula is C12H15F3N2O. The molecule has 0 aliphatic rings. The van der Waals surface area contributed by atoms with Crippen LogP contribution in [0.15, 0.2) is 18.2 Å². The van der Waals surface area contributed by atoms with Crippen LogP contribution in [-0.4, -0.2) is 12.6 Å². The second-order valence-corrected chi connectivity index (χ2v) is 3.91. The Labute approximate surface area is 103 Å². The molecule has 0 heterocycles. The van der Waals surface area contributed by atoms with Gasteiger partial charge in [-0.15, -0.1) is 0 Å². The van der Waals surface area contributed by atoms with Crippen molar-refractivity contribution in [3.8, 4) is 0 Å². The predicted molar refractivity (Wildman–Crippen MR) is 63.5 cm³/mol. The third kappa shape index (κ3) is 3.94. The largest absolute Gasteiger partial charge is 0.416 e. The Morgan fingerprint density at radius 2 is 2.00 bits per heavy atom. The summed E-state index contributed by atoms with van der Waals surface area (Å²) < 4.78 is 37.5. The minimum atomic E-state index is -4.41. The van der Waals surface area contributed by atoms with Gasteiger partial charge in [0.2, 0.25) is 0 Å². The lowest BCUT2D eigenvalue weighted by atomic mass is 10.1.